The van der Waals surface area contributed by atoms with Crippen molar-refractivity contribution in [2.24, 2.45) is 0 Å². The van der Waals surface area contributed by atoms with Gasteiger partial charge in [-0.25, -0.2) is 9.97 Å². The van der Waals surface area contributed by atoms with Gasteiger partial charge in [-0.2, -0.15) is 0 Å². The van der Waals surface area contributed by atoms with E-state index in [0.717, 1.165) is 63.7 Å². The number of nitrogens with two attached hydrogens (primary N) is 1. The maximum absolute atomic E-state index is 6.38. The van der Waals surface area contributed by atoms with Crippen LogP contribution >= 0.6 is 0 Å². The Morgan fingerprint density at radius 1 is 1.14 bits per heavy atom. The van der Waals surface area contributed by atoms with Gasteiger partial charge in [0.2, 0.25) is 0 Å². The van der Waals surface area contributed by atoms with E-state index in [2.05, 4.69) is 37.2 Å². The van der Waals surface area contributed by atoms with Gasteiger partial charge in [0, 0.05) is 45.0 Å². The zero-order valence-corrected chi connectivity index (χ0v) is 16.3. The Balaban J connectivity index is 1.37. The molecule has 2 fully saturated rings. The summed E-state index contributed by atoms with van der Waals surface area (Å²) in [6.45, 7) is 5.11. The highest BCUT2D eigenvalue weighted by molar-refractivity contribution is 5.75. The van der Waals surface area contributed by atoms with Gasteiger partial charge in [-0.3, -0.25) is 0 Å². The van der Waals surface area contributed by atoms with Gasteiger partial charge in [-0.1, -0.05) is 0 Å². The van der Waals surface area contributed by atoms with E-state index in [0.29, 0.717) is 11.5 Å². The van der Waals surface area contributed by atoms with E-state index < -0.39 is 0 Å². The molecule has 1 aromatic carbocycles. The van der Waals surface area contributed by atoms with Gasteiger partial charge in [0.15, 0.2) is 11.6 Å². The van der Waals surface area contributed by atoms with E-state index in [4.69, 9.17) is 15.2 Å². The van der Waals surface area contributed by atoms with Gasteiger partial charge < -0.3 is 30.3 Å². The van der Waals surface area contributed by atoms with Crippen molar-refractivity contribution in [2.45, 2.75) is 18.9 Å². The number of hydrogen-bond donors (Lipinski definition) is 2. The van der Waals surface area contributed by atoms with E-state index in [1.54, 1.807) is 13.4 Å². The van der Waals surface area contributed by atoms with Crippen molar-refractivity contribution in [2.75, 3.05) is 67.3 Å². The van der Waals surface area contributed by atoms with E-state index >= 15 is 0 Å². The third kappa shape index (κ3) is 4.06. The SMILES string of the molecule is COc1ccc(N2CCN(c3ncnc(NCC4CCCO4)c3N)CC2)cc1. The number of hydrogen-bond acceptors (Lipinski definition) is 8. The minimum Gasteiger partial charge on any atom is -0.497 e. The van der Waals surface area contributed by atoms with Crippen LogP contribution in [-0.2, 0) is 4.74 Å². The van der Waals surface area contributed by atoms with Crippen LogP contribution in [0.1, 0.15) is 12.8 Å². The van der Waals surface area contributed by atoms with Crippen molar-refractivity contribution in [1.29, 1.82) is 0 Å². The largest absolute Gasteiger partial charge is 0.497 e. The van der Waals surface area contributed by atoms with Crippen LogP contribution in [0.3, 0.4) is 0 Å². The van der Waals surface area contributed by atoms with Crippen molar-refractivity contribution in [3.05, 3.63) is 30.6 Å². The van der Waals surface area contributed by atoms with E-state index in [-0.39, 0.29) is 6.10 Å². The molecule has 2 aliphatic heterocycles. The molecule has 8 heteroatoms. The molecule has 0 radical (unpaired) electrons. The normalized spacial score (nSPS) is 19.7. The average Bonchev–Trinajstić information content (AvgIpc) is 3.27. The summed E-state index contributed by atoms with van der Waals surface area (Å²) in [5, 5.41) is 3.33. The predicted octanol–water partition coefficient (Wildman–Crippen LogP) is 1.98. The maximum Gasteiger partial charge on any atom is 0.157 e. The summed E-state index contributed by atoms with van der Waals surface area (Å²) in [6, 6.07) is 8.19. The fourth-order valence-electron chi connectivity index (χ4n) is 3.76. The van der Waals surface area contributed by atoms with Crippen LogP contribution < -0.4 is 25.6 Å². The third-order valence-corrected chi connectivity index (χ3v) is 5.40. The Kier molecular flexibility index (Phi) is 5.66. The lowest BCUT2D eigenvalue weighted by Gasteiger charge is -2.37. The van der Waals surface area contributed by atoms with Crippen molar-refractivity contribution < 1.29 is 9.47 Å². The summed E-state index contributed by atoms with van der Waals surface area (Å²) in [6.07, 6.45) is 4.03. The summed E-state index contributed by atoms with van der Waals surface area (Å²) < 4.78 is 10.9. The molecule has 0 spiro atoms. The lowest BCUT2D eigenvalue weighted by molar-refractivity contribution is 0.120. The first kappa shape index (κ1) is 18.6. The third-order valence-electron chi connectivity index (χ3n) is 5.40. The smallest absolute Gasteiger partial charge is 0.157 e. The van der Waals surface area contributed by atoms with Crippen molar-refractivity contribution >= 4 is 23.0 Å². The number of benzene rings is 1. The summed E-state index contributed by atoms with van der Waals surface area (Å²) in [5.74, 6) is 2.37. The molecule has 0 amide bonds. The van der Waals surface area contributed by atoms with Crippen LogP contribution in [0, 0.1) is 0 Å². The molecule has 0 bridgehead atoms. The van der Waals surface area contributed by atoms with Gasteiger partial charge >= 0.3 is 0 Å². The Morgan fingerprint density at radius 3 is 2.57 bits per heavy atom. The monoisotopic (exact) mass is 384 g/mol. The molecule has 1 unspecified atom stereocenters. The molecular formula is C20H28N6O2. The number of nitrogen functional groups attached to an aromatic ring is 1. The molecule has 1 aromatic heterocycles. The van der Waals surface area contributed by atoms with Gasteiger partial charge in [-0.05, 0) is 37.1 Å². The first-order valence-corrected chi connectivity index (χ1v) is 9.84. The van der Waals surface area contributed by atoms with Crippen molar-refractivity contribution in [3.8, 4) is 5.75 Å². The molecule has 150 valence electrons. The number of ether oxygens (including phenoxy) is 2. The Bertz CT molecular complexity index is 771. The van der Waals surface area contributed by atoms with Crippen molar-refractivity contribution in [3.63, 3.8) is 0 Å². The minimum atomic E-state index is 0.242. The number of piperazine rings is 1. The molecule has 0 aliphatic carbocycles. The predicted molar refractivity (Wildman–Crippen MR) is 111 cm³/mol. The molecule has 2 aromatic rings. The topological polar surface area (TPSA) is 88.8 Å². The highest BCUT2D eigenvalue weighted by atomic mass is 16.5. The quantitative estimate of drug-likeness (QED) is 0.782. The summed E-state index contributed by atoms with van der Waals surface area (Å²) >= 11 is 0. The number of anilines is 4. The average molecular weight is 384 g/mol. The van der Waals surface area contributed by atoms with Crippen LogP contribution in [0.4, 0.5) is 23.0 Å². The van der Waals surface area contributed by atoms with Crippen LogP contribution in [-0.4, -0.2) is 62.5 Å². The van der Waals surface area contributed by atoms with E-state index in [1.165, 1.54) is 5.69 Å². The molecule has 3 heterocycles. The number of rotatable bonds is 6. The number of nitrogens with zero attached hydrogens (tertiary/aromatic N) is 4. The Morgan fingerprint density at radius 2 is 1.89 bits per heavy atom. The van der Waals surface area contributed by atoms with Gasteiger partial charge in [-0.15, -0.1) is 0 Å². The second kappa shape index (κ2) is 8.52. The van der Waals surface area contributed by atoms with Gasteiger partial charge in [0.1, 0.15) is 17.8 Å². The zero-order valence-electron chi connectivity index (χ0n) is 16.3. The van der Waals surface area contributed by atoms with Crippen LogP contribution in [0.25, 0.3) is 0 Å². The van der Waals surface area contributed by atoms with Crippen LogP contribution in [0.2, 0.25) is 0 Å². The molecule has 0 saturated carbocycles. The highest BCUT2D eigenvalue weighted by Gasteiger charge is 2.22. The Labute approximate surface area is 165 Å². The molecule has 2 aliphatic rings. The Hall–Kier alpha value is -2.74. The van der Waals surface area contributed by atoms with E-state index in [1.807, 2.05) is 12.1 Å². The second-order valence-electron chi connectivity index (χ2n) is 7.15. The molecule has 1 atom stereocenters. The van der Waals surface area contributed by atoms with Crippen LogP contribution in [0.15, 0.2) is 30.6 Å². The second-order valence-corrected chi connectivity index (χ2v) is 7.15. The standard InChI is InChI=1S/C20H28N6O2/c1-27-16-6-4-15(5-7-16)25-8-10-26(11-9-25)20-18(21)19(23-14-24-20)22-13-17-3-2-12-28-17/h4-7,14,17H,2-3,8-13,21H2,1H3,(H,22,23,24). The molecular weight excluding hydrogens is 356 g/mol. The van der Waals surface area contributed by atoms with Gasteiger partial charge in [0.25, 0.3) is 0 Å². The first-order chi connectivity index (χ1) is 13.7. The van der Waals surface area contributed by atoms with Gasteiger partial charge in [0.05, 0.1) is 13.2 Å². The van der Waals surface area contributed by atoms with Crippen molar-refractivity contribution in [1.82, 2.24) is 9.97 Å². The fourth-order valence-corrected chi connectivity index (χ4v) is 3.76. The molecule has 8 nitrogen and oxygen atoms in total. The number of aromatic nitrogens is 2. The maximum atomic E-state index is 6.38. The molecule has 3 N–H and O–H groups in total. The number of nitrogens with one attached hydrogen (secondary N) is 1. The summed E-state index contributed by atoms with van der Waals surface area (Å²) in [5.41, 5.74) is 8.19. The summed E-state index contributed by atoms with van der Waals surface area (Å²) in [7, 11) is 1.68. The molecule has 28 heavy (non-hydrogen) atoms. The fraction of sp³-hybridized carbons (Fsp3) is 0.500. The lowest BCUT2D eigenvalue weighted by Crippen LogP contribution is -2.47. The molecule has 4 rings (SSSR count). The number of methoxy groups -OCH3 is 1. The molecule has 2 saturated heterocycles. The first-order valence-electron chi connectivity index (χ1n) is 9.84. The zero-order chi connectivity index (χ0) is 19.3. The van der Waals surface area contributed by atoms with Crippen LogP contribution in [0.5, 0.6) is 5.75 Å². The summed E-state index contributed by atoms with van der Waals surface area (Å²) in [4.78, 5) is 13.4. The lowest BCUT2D eigenvalue weighted by atomic mass is 10.2. The van der Waals surface area contributed by atoms with E-state index in [9.17, 15) is 0 Å². The minimum absolute atomic E-state index is 0.242. The highest BCUT2D eigenvalue weighted by Crippen LogP contribution is 2.28.